The molecule has 29 heavy (non-hydrogen) atoms. The maximum Gasteiger partial charge on any atom is 0.293 e. The van der Waals surface area contributed by atoms with E-state index in [9.17, 15) is 20.6 Å². The van der Waals surface area contributed by atoms with Crippen molar-refractivity contribution in [3.05, 3.63) is 33.4 Å². The maximum atomic E-state index is 11.6. The second-order valence-corrected chi connectivity index (χ2v) is 9.66. The third kappa shape index (κ3) is 2.96. The Balaban J connectivity index is 1.37. The van der Waals surface area contributed by atoms with Gasteiger partial charge >= 0.3 is 0 Å². The molecule has 5 fully saturated rings. The van der Waals surface area contributed by atoms with Crippen molar-refractivity contribution in [3.8, 4) is 12.1 Å². The van der Waals surface area contributed by atoms with Crippen molar-refractivity contribution in [2.75, 3.05) is 31.1 Å². The number of nitro benzene ring substituents is 1. The van der Waals surface area contributed by atoms with Gasteiger partial charge in [0.1, 0.15) is 17.8 Å². The zero-order valence-corrected chi connectivity index (χ0v) is 16.6. The standard InChI is InChI=1S/C22H25N5O2/c23-13-18-8-20(21(27(28)29)9-19(18)14-24)25-1-3-26(4-2-25)22-10-15-5-16(11-22)7-17(6-15)12-22/h8-9,15-17H,1-7,10-12H2/p+1. The number of benzene rings is 1. The van der Waals surface area contributed by atoms with E-state index in [-0.39, 0.29) is 16.8 Å². The summed E-state index contributed by atoms with van der Waals surface area (Å²) in [4.78, 5) is 14.9. The fourth-order valence-corrected chi connectivity index (χ4v) is 7.25. The van der Waals surface area contributed by atoms with Gasteiger partial charge in [0, 0.05) is 25.3 Å². The van der Waals surface area contributed by atoms with Crippen LogP contribution in [-0.4, -0.2) is 36.6 Å². The number of quaternary nitrogens is 1. The molecule has 0 atom stereocenters. The van der Waals surface area contributed by atoms with E-state index in [1.54, 1.807) is 4.90 Å². The minimum atomic E-state index is -0.435. The Hall–Kier alpha value is -2.64. The van der Waals surface area contributed by atoms with Gasteiger partial charge in [-0.25, -0.2) is 0 Å². The molecule has 0 spiro atoms. The first-order valence-corrected chi connectivity index (χ1v) is 10.7. The van der Waals surface area contributed by atoms with Crippen LogP contribution in [0.3, 0.4) is 0 Å². The van der Waals surface area contributed by atoms with Crippen LogP contribution in [0.15, 0.2) is 12.1 Å². The summed E-state index contributed by atoms with van der Waals surface area (Å²) < 4.78 is 0. The first-order chi connectivity index (χ1) is 14.0. The van der Waals surface area contributed by atoms with Gasteiger partial charge in [0.2, 0.25) is 0 Å². The quantitative estimate of drug-likeness (QED) is 0.627. The molecular formula is C22H26N5O2+. The molecule has 0 amide bonds. The molecule has 1 aromatic carbocycles. The number of piperazine rings is 1. The lowest BCUT2D eigenvalue weighted by molar-refractivity contribution is -0.959. The zero-order chi connectivity index (χ0) is 20.2. The van der Waals surface area contributed by atoms with E-state index in [0.29, 0.717) is 11.2 Å². The molecule has 4 aliphatic carbocycles. The number of anilines is 1. The van der Waals surface area contributed by atoms with Crippen LogP contribution in [0.25, 0.3) is 0 Å². The molecule has 4 bridgehead atoms. The fraction of sp³-hybridized carbons (Fsp3) is 0.636. The summed E-state index contributed by atoms with van der Waals surface area (Å²) in [6.45, 7) is 3.50. The maximum absolute atomic E-state index is 11.6. The molecule has 1 N–H and O–H groups in total. The summed E-state index contributed by atoms with van der Waals surface area (Å²) in [5, 5.41) is 30.2. The second-order valence-electron chi connectivity index (χ2n) is 9.66. The van der Waals surface area contributed by atoms with Gasteiger partial charge in [-0.1, -0.05) is 0 Å². The van der Waals surface area contributed by atoms with E-state index in [1.807, 2.05) is 17.0 Å². The van der Waals surface area contributed by atoms with E-state index in [0.717, 1.165) is 43.9 Å². The predicted molar refractivity (Wildman–Crippen MR) is 106 cm³/mol. The van der Waals surface area contributed by atoms with Gasteiger partial charge < -0.3 is 9.80 Å². The molecule has 1 aliphatic heterocycles. The molecule has 0 unspecified atom stereocenters. The second kappa shape index (κ2) is 6.71. The molecular weight excluding hydrogens is 366 g/mol. The van der Waals surface area contributed by atoms with E-state index in [4.69, 9.17) is 0 Å². The highest BCUT2D eigenvalue weighted by Crippen LogP contribution is 2.54. The van der Waals surface area contributed by atoms with Crippen molar-refractivity contribution in [3.63, 3.8) is 0 Å². The van der Waals surface area contributed by atoms with Gasteiger partial charge in [-0.05, 0) is 43.1 Å². The van der Waals surface area contributed by atoms with Crippen LogP contribution < -0.4 is 9.80 Å². The molecule has 1 aromatic rings. The number of nitro groups is 1. The van der Waals surface area contributed by atoms with E-state index < -0.39 is 4.92 Å². The van der Waals surface area contributed by atoms with Crippen molar-refractivity contribution < 1.29 is 9.82 Å². The summed E-state index contributed by atoms with van der Waals surface area (Å²) >= 11 is 0. The predicted octanol–water partition coefficient (Wildman–Crippen LogP) is 2.01. The van der Waals surface area contributed by atoms with Crippen LogP contribution in [0.4, 0.5) is 11.4 Å². The Morgan fingerprint density at radius 2 is 1.52 bits per heavy atom. The van der Waals surface area contributed by atoms with Crippen LogP contribution in [0.5, 0.6) is 0 Å². The van der Waals surface area contributed by atoms with Gasteiger partial charge in [0.25, 0.3) is 5.69 Å². The minimum absolute atomic E-state index is 0.0702. The van der Waals surface area contributed by atoms with Crippen LogP contribution in [-0.2, 0) is 0 Å². The number of nitrogens with zero attached hydrogens (tertiary/aromatic N) is 4. The summed E-state index contributed by atoms with van der Waals surface area (Å²) in [7, 11) is 0. The SMILES string of the molecule is N#Cc1cc(N2CC[NH+](C34CC5CC(CC(C5)C3)C4)CC2)c([N+](=O)[O-])cc1C#N. The van der Waals surface area contributed by atoms with Crippen molar-refractivity contribution in [2.24, 2.45) is 17.8 Å². The minimum Gasteiger partial charge on any atom is -0.355 e. The summed E-state index contributed by atoms with van der Waals surface area (Å²) in [6, 6.07) is 6.71. The third-order valence-corrected chi connectivity index (χ3v) is 8.05. The monoisotopic (exact) mass is 392 g/mol. The van der Waals surface area contributed by atoms with Crippen molar-refractivity contribution in [1.29, 1.82) is 10.5 Å². The molecule has 1 saturated heterocycles. The van der Waals surface area contributed by atoms with Crippen LogP contribution >= 0.6 is 0 Å². The Morgan fingerprint density at radius 1 is 1.00 bits per heavy atom. The number of hydrogen-bond donors (Lipinski definition) is 1. The molecule has 7 nitrogen and oxygen atoms in total. The van der Waals surface area contributed by atoms with Gasteiger partial charge in [-0.3, -0.25) is 10.1 Å². The average Bonchev–Trinajstić information content (AvgIpc) is 2.71. The fourth-order valence-electron chi connectivity index (χ4n) is 7.25. The molecule has 7 heteroatoms. The summed E-state index contributed by atoms with van der Waals surface area (Å²) in [5.41, 5.74) is 1.13. The molecule has 5 aliphatic rings. The first kappa shape index (κ1) is 18.4. The smallest absolute Gasteiger partial charge is 0.293 e. The van der Waals surface area contributed by atoms with Gasteiger partial charge in [0.15, 0.2) is 0 Å². The summed E-state index contributed by atoms with van der Waals surface area (Å²) in [5.74, 6) is 2.76. The van der Waals surface area contributed by atoms with Gasteiger partial charge in [-0.2, -0.15) is 10.5 Å². The van der Waals surface area contributed by atoms with Gasteiger partial charge in [-0.15, -0.1) is 0 Å². The molecule has 1 heterocycles. The van der Waals surface area contributed by atoms with Crippen LogP contribution in [0.2, 0.25) is 0 Å². The zero-order valence-electron chi connectivity index (χ0n) is 16.6. The number of nitriles is 2. The number of hydrogen-bond acceptors (Lipinski definition) is 5. The average molecular weight is 392 g/mol. The Morgan fingerprint density at radius 3 is 2.00 bits per heavy atom. The lowest BCUT2D eigenvalue weighted by Gasteiger charge is -2.59. The summed E-state index contributed by atoms with van der Waals surface area (Å²) in [6.07, 6.45) is 8.41. The number of nitrogens with one attached hydrogen (secondary N) is 1. The van der Waals surface area contributed by atoms with Crippen molar-refractivity contribution >= 4 is 11.4 Å². The highest BCUT2D eigenvalue weighted by molar-refractivity contribution is 5.70. The Labute approximate surface area is 170 Å². The van der Waals surface area contributed by atoms with E-state index in [1.165, 1.54) is 50.7 Å². The Bertz CT molecular complexity index is 900. The molecule has 0 radical (unpaired) electrons. The van der Waals surface area contributed by atoms with Crippen LogP contribution in [0.1, 0.15) is 49.7 Å². The van der Waals surface area contributed by atoms with E-state index in [2.05, 4.69) is 0 Å². The van der Waals surface area contributed by atoms with E-state index >= 15 is 0 Å². The lowest BCUT2D eigenvalue weighted by Crippen LogP contribution is -3.23. The van der Waals surface area contributed by atoms with Crippen molar-refractivity contribution in [2.45, 2.75) is 44.1 Å². The number of rotatable bonds is 3. The van der Waals surface area contributed by atoms with Crippen LogP contribution in [0, 0.1) is 50.5 Å². The topological polar surface area (TPSA) is 98.4 Å². The van der Waals surface area contributed by atoms with Crippen molar-refractivity contribution in [1.82, 2.24) is 0 Å². The lowest BCUT2D eigenvalue weighted by atomic mass is 9.52. The Kier molecular flexibility index (Phi) is 4.26. The highest BCUT2D eigenvalue weighted by atomic mass is 16.6. The highest BCUT2D eigenvalue weighted by Gasteiger charge is 2.56. The first-order valence-electron chi connectivity index (χ1n) is 10.7. The third-order valence-electron chi connectivity index (χ3n) is 8.05. The molecule has 0 aromatic heterocycles. The van der Waals surface area contributed by atoms with Gasteiger partial charge in [0.05, 0.1) is 47.8 Å². The normalized spacial score (nSPS) is 33.3. The molecule has 4 saturated carbocycles. The molecule has 6 rings (SSSR count). The molecule has 150 valence electrons. The largest absolute Gasteiger partial charge is 0.355 e.